The van der Waals surface area contributed by atoms with Gasteiger partial charge in [-0.05, 0) is 17.4 Å². The topological polar surface area (TPSA) is 0 Å². The summed E-state index contributed by atoms with van der Waals surface area (Å²) in [6, 6.07) is 6.45. The van der Waals surface area contributed by atoms with E-state index in [4.69, 9.17) is 7.85 Å². The van der Waals surface area contributed by atoms with E-state index in [2.05, 4.69) is 0 Å². The lowest BCUT2D eigenvalue weighted by Gasteiger charge is -2.27. The van der Waals surface area contributed by atoms with Crippen molar-refractivity contribution in [3.8, 4) is 0 Å². The Hall–Kier alpha value is -0.785. The summed E-state index contributed by atoms with van der Waals surface area (Å²) in [5.41, 5.74) is 1.01. The Labute approximate surface area is 80.6 Å². The van der Waals surface area contributed by atoms with E-state index in [9.17, 15) is 4.39 Å². The normalized spacial score (nSPS) is 11.6. The molecule has 0 nitrogen and oxygen atoms in total. The molecule has 0 saturated carbocycles. The summed E-state index contributed by atoms with van der Waals surface area (Å²) in [6.07, 6.45) is 1.74. The molecule has 2 radical (unpaired) electrons. The highest BCUT2D eigenvalue weighted by atomic mass is 19.1. The molecule has 0 aromatic heterocycles. The van der Waals surface area contributed by atoms with Crippen LogP contribution in [0.3, 0.4) is 0 Å². The fourth-order valence-electron chi connectivity index (χ4n) is 1.44. The van der Waals surface area contributed by atoms with Gasteiger partial charge >= 0.3 is 0 Å². The predicted molar refractivity (Wildman–Crippen MR) is 54.4 cm³/mol. The van der Waals surface area contributed by atoms with Gasteiger partial charge in [-0.15, -0.1) is 0 Å². The van der Waals surface area contributed by atoms with Crippen LogP contribution in [-0.4, -0.2) is 7.85 Å². The number of benzene rings is 1. The van der Waals surface area contributed by atoms with E-state index in [1.54, 1.807) is 12.1 Å². The third-order valence-corrected chi connectivity index (χ3v) is 2.68. The van der Waals surface area contributed by atoms with Crippen molar-refractivity contribution in [3.05, 3.63) is 35.6 Å². The van der Waals surface area contributed by atoms with Crippen molar-refractivity contribution in [3.63, 3.8) is 0 Å². The fraction of sp³-hybridized carbons (Fsp3) is 0.455. The second kappa shape index (κ2) is 3.95. The monoisotopic (exact) mass is 176 g/mol. The average Bonchev–Trinajstić information content (AvgIpc) is 2.18. The summed E-state index contributed by atoms with van der Waals surface area (Å²) in [5.74, 6) is -0.210. The van der Waals surface area contributed by atoms with Crippen LogP contribution in [0.25, 0.3) is 0 Å². The van der Waals surface area contributed by atoms with Crippen LogP contribution in [0, 0.1) is 5.82 Å². The second-order valence-electron chi connectivity index (χ2n) is 3.37. The number of hydrogen-bond donors (Lipinski definition) is 0. The van der Waals surface area contributed by atoms with Gasteiger partial charge in [0, 0.05) is 0 Å². The van der Waals surface area contributed by atoms with Gasteiger partial charge in [0.15, 0.2) is 0 Å². The molecule has 0 bridgehead atoms. The van der Waals surface area contributed by atoms with Crippen LogP contribution in [0.5, 0.6) is 0 Å². The molecule has 2 heteroatoms. The van der Waals surface area contributed by atoms with E-state index in [0.29, 0.717) is 0 Å². The van der Waals surface area contributed by atoms with Crippen molar-refractivity contribution in [1.82, 2.24) is 0 Å². The quantitative estimate of drug-likeness (QED) is 0.621. The molecular weight excluding hydrogens is 162 g/mol. The molecule has 1 aromatic carbocycles. The molecule has 0 atom stereocenters. The number of rotatable bonds is 3. The molecule has 1 aromatic rings. The molecule has 0 fully saturated rings. The van der Waals surface area contributed by atoms with Crippen molar-refractivity contribution >= 4 is 7.85 Å². The molecule has 68 valence electrons. The van der Waals surface area contributed by atoms with Crippen molar-refractivity contribution < 1.29 is 4.39 Å². The first kappa shape index (κ1) is 10.3. The summed E-state index contributed by atoms with van der Waals surface area (Å²) >= 11 is 0. The minimum absolute atomic E-state index is 0.210. The Kier molecular flexibility index (Phi) is 3.13. The third-order valence-electron chi connectivity index (χ3n) is 2.68. The Balaban J connectivity index is 2.99. The largest absolute Gasteiger partial charge is 0.207 e. The van der Waals surface area contributed by atoms with Crippen LogP contribution in [-0.2, 0) is 5.31 Å². The van der Waals surface area contributed by atoms with Crippen LogP contribution >= 0.6 is 0 Å². The Morgan fingerprint density at radius 2 is 1.62 bits per heavy atom. The van der Waals surface area contributed by atoms with Crippen molar-refractivity contribution in [1.29, 1.82) is 0 Å². The van der Waals surface area contributed by atoms with E-state index in [1.165, 1.54) is 12.1 Å². The lowest BCUT2D eigenvalue weighted by molar-refractivity contribution is 0.561. The molecule has 0 aliphatic rings. The van der Waals surface area contributed by atoms with E-state index in [1.807, 2.05) is 13.8 Å². The highest BCUT2D eigenvalue weighted by Gasteiger charge is 2.20. The van der Waals surface area contributed by atoms with Gasteiger partial charge in [0.05, 0.1) is 7.85 Å². The smallest absolute Gasteiger partial charge is 0.123 e. The van der Waals surface area contributed by atoms with Gasteiger partial charge in [0.1, 0.15) is 5.82 Å². The van der Waals surface area contributed by atoms with E-state index in [-0.39, 0.29) is 11.1 Å². The predicted octanol–water partition coefficient (Wildman–Crippen LogP) is 3.01. The Morgan fingerprint density at radius 1 is 1.15 bits per heavy atom. The molecular formula is C11H14BF. The van der Waals surface area contributed by atoms with Crippen molar-refractivity contribution in [2.45, 2.75) is 32.0 Å². The summed E-state index contributed by atoms with van der Waals surface area (Å²) in [6.45, 7) is 4.10. The molecule has 13 heavy (non-hydrogen) atoms. The van der Waals surface area contributed by atoms with Crippen molar-refractivity contribution in [2.24, 2.45) is 0 Å². The van der Waals surface area contributed by atoms with E-state index >= 15 is 0 Å². The second-order valence-corrected chi connectivity index (χ2v) is 3.37. The lowest BCUT2D eigenvalue weighted by Crippen LogP contribution is -2.24. The number of hydrogen-bond acceptors (Lipinski definition) is 0. The highest BCUT2D eigenvalue weighted by molar-refractivity contribution is 6.15. The summed E-state index contributed by atoms with van der Waals surface area (Å²) in [4.78, 5) is 0. The first-order chi connectivity index (χ1) is 6.12. The molecule has 0 aliphatic carbocycles. The zero-order valence-electron chi connectivity index (χ0n) is 8.18. The maximum Gasteiger partial charge on any atom is 0.123 e. The average molecular weight is 176 g/mol. The minimum Gasteiger partial charge on any atom is -0.207 e. The zero-order valence-corrected chi connectivity index (χ0v) is 8.18. The Morgan fingerprint density at radius 3 is 2.00 bits per heavy atom. The van der Waals surface area contributed by atoms with Gasteiger partial charge < -0.3 is 0 Å². The SMILES string of the molecule is [B]C(CC)(CC)c1ccc(F)cc1. The van der Waals surface area contributed by atoms with Crippen LogP contribution < -0.4 is 0 Å². The minimum atomic E-state index is -0.298. The van der Waals surface area contributed by atoms with Crippen molar-refractivity contribution in [2.75, 3.05) is 0 Å². The summed E-state index contributed by atoms with van der Waals surface area (Å²) in [7, 11) is 6.15. The molecule has 0 aliphatic heterocycles. The lowest BCUT2D eigenvalue weighted by atomic mass is 9.61. The zero-order chi connectivity index (χ0) is 9.90. The van der Waals surface area contributed by atoms with Crippen LogP contribution in [0.1, 0.15) is 32.3 Å². The van der Waals surface area contributed by atoms with Crippen LogP contribution in [0.15, 0.2) is 24.3 Å². The molecule has 0 spiro atoms. The first-order valence-corrected chi connectivity index (χ1v) is 4.67. The van der Waals surface area contributed by atoms with Crippen LogP contribution in [0.2, 0.25) is 0 Å². The van der Waals surface area contributed by atoms with Crippen LogP contribution in [0.4, 0.5) is 4.39 Å². The van der Waals surface area contributed by atoms with Gasteiger partial charge in [-0.25, -0.2) is 4.39 Å². The van der Waals surface area contributed by atoms with Gasteiger partial charge in [0.2, 0.25) is 0 Å². The molecule has 0 amide bonds. The van der Waals surface area contributed by atoms with E-state index in [0.717, 1.165) is 18.4 Å². The molecule has 0 saturated heterocycles. The number of halogens is 1. The highest BCUT2D eigenvalue weighted by Crippen LogP contribution is 2.27. The van der Waals surface area contributed by atoms with Gasteiger partial charge in [-0.2, -0.15) is 0 Å². The molecule has 0 N–H and O–H groups in total. The first-order valence-electron chi connectivity index (χ1n) is 4.67. The summed E-state index contributed by atoms with van der Waals surface area (Å²) in [5, 5.41) is -0.298. The van der Waals surface area contributed by atoms with Gasteiger partial charge in [-0.1, -0.05) is 44.4 Å². The molecule has 0 unspecified atom stereocenters. The third kappa shape index (κ3) is 2.12. The summed E-state index contributed by atoms with van der Waals surface area (Å²) < 4.78 is 12.6. The fourth-order valence-corrected chi connectivity index (χ4v) is 1.44. The maximum absolute atomic E-state index is 12.6. The van der Waals surface area contributed by atoms with Gasteiger partial charge in [0.25, 0.3) is 0 Å². The Bertz CT molecular complexity index is 262. The van der Waals surface area contributed by atoms with E-state index < -0.39 is 0 Å². The maximum atomic E-state index is 12.6. The molecule has 1 rings (SSSR count). The molecule has 0 heterocycles. The van der Waals surface area contributed by atoms with Gasteiger partial charge in [-0.3, -0.25) is 0 Å². The standard InChI is InChI=1S/C11H14BF/c1-3-11(12,4-2)9-5-7-10(13)8-6-9/h5-8H,3-4H2,1-2H3.